The van der Waals surface area contributed by atoms with Crippen LogP contribution in [0.25, 0.3) is 0 Å². The highest BCUT2D eigenvalue weighted by atomic mass is 16.3. The van der Waals surface area contributed by atoms with Crippen LogP contribution in [-0.4, -0.2) is 18.1 Å². The van der Waals surface area contributed by atoms with E-state index in [0.29, 0.717) is 6.04 Å². The number of aromatic nitrogens is 1. The van der Waals surface area contributed by atoms with Crippen molar-refractivity contribution in [2.75, 3.05) is 11.9 Å². The lowest BCUT2D eigenvalue weighted by atomic mass is 10.1. The summed E-state index contributed by atoms with van der Waals surface area (Å²) in [5, 5.41) is 3.42. The zero-order chi connectivity index (χ0) is 15.4. The molecule has 0 amide bonds. The van der Waals surface area contributed by atoms with Gasteiger partial charge in [0.15, 0.2) is 0 Å². The van der Waals surface area contributed by atoms with E-state index in [0.717, 1.165) is 24.7 Å². The topological polar surface area (TPSA) is 41.3 Å². The fourth-order valence-electron chi connectivity index (χ4n) is 2.35. The Balaban J connectivity index is 2.07. The Morgan fingerprint density at radius 1 is 1.33 bits per heavy atom. The third kappa shape index (κ3) is 4.08. The van der Waals surface area contributed by atoms with Crippen LogP contribution >= 0.6 is 0 Å². The number of hydrogen-bond donors (Lipinski definition) is 1. The van der Waals surface area contributed by atoms with E-state index in [1.54, 1.807) is 6.26 Å². The molecule has 1 N–H and O–H groups in total. The van der Waals surface area contributed by atoms with Crippen molar-refractivity contribution in [2.45, 2.75) is 46.8 Å². The Kier molecular flexibility index (Phi) is 5.02. The quantitative estimate of drug-likeness (QED) is 0.884. The average molecular weight is 287 g/mol. The van der Waals surface area contributed by atoms with Gasteiger partial charge in [0.05, 0.1) is 6.26 Å². The van der Waals surface area contributed by atoms with Crippen molar-refractivity contribution in [3.63, 3.8) is 0 Å². The van der Waals surface area contributed by atoms with Crippen LogP contribution in [0.2, 0.25) is 0 Å². The fraction of sp³-hybridized carbons (Fsp3) is 0.471. The van der Waals surface area contributed by atoms with Gasteiger partial charge in [-0.3, -0.25) is 0 Å². The van der Waals surface area contributed by atoms with Gasteiger partial charge in [0.25, 0.3) is 0 Å². The highest BCUT2D eigenvalue weighted by Crippen LogP contribution is 2.20. The molecule has 21 heavy (non-hydrogen) atoms. The van der Waals surface area contributed by atoms with E-state index < -0.39 is 0 Å². The molecule has 2 aromatic rings. The minimum Gasteiger partial charge on any atom is -0.469 e. The van der Waals surface area contributed by atoms with Crippen LogP contribution in [0.1, 0.15) is 36.3 Å². The summed E-state index contributed by atoms with van der Waals surface area (Å²) in [5.41, 5.74) is 3.61. The molecular formula is C17H25N3O. The van der Waals surface area contributed by atoms with Crippen LogP contribution in [0.5, 0.6) is 0 Å². The number of furan rings is 1. The summed E-state index contributed by atoms with van der Waals surface area (Å²) in [6.07, 6.45) is 3.69. The van der Waals surface area contributed by atoms with Gasteiger partial charge in [-0.05, 0) is 37.1 Å². The molecule has 0 saturated carbocycles. The summed E-state index contributed by atoms with van der Waals surface area (Å²) in [5.74, 6) is 1.99. The van der Waals surface area contributed by atoms with Crippen molar-refractivity contribution < 1.29 is 4.42 Å². The van der Waals surface area contributed by atoms with Gasteiger partial charge in [-0.25, -0.2) is 4.98 Å². The standard InChI is InChI=1S/C17H25N3O/c1-12(2)18-9-15-8-13(3)17(19-10-15)20(5)11-16-6-7-21-14(16)4/h6-8,10,12,18H,9,11H2,1-5H3. The highest BCUT2D eigenvalue weighted by Gasteiger charge is 2.10. The van der Waals surface area contributed by atoms with Gasteiger partial charge >= 0.3 is 0 Å². The summed E-state index contributed by atoms with van der Waals surface area (Å²) >= 11 is 0. The van der Waals surface area contributed by atoms with E-state index >= 15 is 0 Å². The lowest BCUT2D eigenvalue weighted by Crippen LogP contribution is -2.23. The molecule has 0 aliphatic rings. The average Bonchev–Trinajstić information content (AvgIpc) is 2.82. The number of rotatable bonds is 6. The molecule has 0 spiro atoms. The maximum Gasteiger partial charge on any atom is 0.131 e. The molecule has 0 aromatic carbocycles. The summed E-state index contributed by atoms with van der Waals surface area (Å²) < 4.78 is 5.35. The fourth-order valence-corrected chi connectivity index (χ4v) is 2.35. The first-order valence-electron chi connectivity index (χ1n) is 7.40. The Bertz CT molecular complexity index is 589. The zero-order valence-corrected chi connectivity index (χ0v) is 13.6. The highest BCUT2D eigenvalue weighted by molar-refractivity contribution is 5.47. The molecule has 4 nitrogen and oxygen atoms in total. The molecule has 2 aromatic heterocycles. The molecule has 0 fully saturated rings. The molecule has 0 radical (unpaired) electrons. The van der Waals surface area contributed by atoms with Gasteiger partial charge < -0.3 is 14.6 Å². The molecule has 0 saturated heterocycles. The van der Waals surface area contributed by atoms with Crippen molar-refractivity contribution in [1.29, 1.82) is 0 Å². The van der Waals surface area contributed by atoms with Gasteiger partial charge in [-0.15, -0.1) is 0 Å². The minimum absolute atomic E-state index is 0.483. The van der Waals surface area contributed by atoms with Gasteiger partial charge in [-0.2, -0.15) is 0 Å². The van der Waals surface area contributed by atoms with Gasteiger partial charge in [0.2, 0.25) is 0 Å². The Morgan fingerprint density at radius 3 is 2.67 bits per heavy atom. The lowest BCUT2D eigenvalue weighted by molar-refractivity contribution is 0.529. The number of pyridine rings is 1. The molecular weight excluding hydrogens is 262 g/mol. The van der Waals surface area contributed by atoms with E-state index in [2.05, 4.69) is 49.1 Å². The number of anilines is 1. The molecule has 0 aliphatic heterocycles. The summed E-state index contributed by atoms with van der Waals surface area (Å²) in [6, 6.07) is 4.70. The third-order valence-corrected chi connectivity index (χ3v) is 3.56. The first kappa shape index (κ1) is 15.6. The number of aryl methyl sites for hydroxylation is 2. The normalized spacial score (nSPS) is 11.1. The largest absolute Gasteiger partial charge is 0.469 e. The first-order chi connectivity index (χ1) is 9.97. The molecule has 0 aliphatic carbocycles. The Labute approximate surface area is 127 Å². The number of hydrogen-bond acceptors (Lipinski definition) is 4. The summed E-state index contributed by atoms with van der Waals surface area (Å²) in [6.45, 7) is 10.1. The second-order valence-electron chi connectivity index (χ2n) is 5.88. The van der Waals surface area contributed by atoms with E-state index in [9.17, 15) is 0 Å². The second kappa shape index (κ2) is 6.76. The van der Waals surface area contributed by atoms with Crippen LogP contribution in [-0.2, 0) is 13.1 Å². The molecule has 4 heteroatoms. The van der Waals surface area contributed by atoms with Crippen molar-refractivity contribution in [2.24, 2.45) is 0 Å². The molecule has 114 valence electrons. The van der Waals surface area contributed by atoms with Crippen molar-refractivity contribution in [3.8, 4) is 0 Å². The number of nitrogens with one attached hydrogen (secondary N) is 1. The predicted molar refractivity (Wildman–Crippen MR) is 86.5 cm³/mol. The van der Waals surface area contributed by atoms with Gasteiger partial charge in [-0.1, -0.05) is 13.8 Å². The third-order valence-electron chi connectivity index (χ3n) is 3.56. The van der Waals surface area contributed by atoms with E-state index in [-0.39, 0.29) is 0 Å². The van der Waals surface area contributed by atoms with Gasteiger partial charge in [0, 0.05) is 37.9 Å². The van der Waals surface area contributed by atoms with E-state index in [1.165, 1.54) is 16.7 Å². The smallest absolute Gasteiger partial charge is 0.131 e. The first-order valence-corrected chi connectivity index (χ1v) is 7.40. The van der Waals surface area contributed by atoms with Gasteiger partial charge in [0.1, 0.15) is 11.6 Å². The zero-order valence-electron chi connectivity index (χ0n) is 13.6. The van der Waals surface area contributed by atoms with Crippen molar-refractivity contribution in [1.82, 2.24) is 10.3 Å². The van der Waals surface area contributed by atoms with Crippen LogP contribution in [0, 0.1) is 13.8 Å². The van der Waals surface area contributed by atoms with E-state index in [1.807, 2.05) is 19.2 Å². The summed E-state index contributed by atoms with van der Waals surface area (Å²) in [4.78, 5) is 6.78. The lowest BCUT2D eigenvalue weighted by Gasteiger charge is -2.20. The van der Waals surface area contributed by atoms with Crippen LogP contribution in [0.3, 0.4) is 0 Å². The van der Waals surface area contributed by atoms with Crippen molar-refractivity contribution in [3.05, 3.63) is 47.0 Å². The van der Waals surface area contributed by atoms with Crippen molar-refractivity contribution >= 4 is 5.82 Å². The predicted octanol–water partition coefficient (Wildman–Crippen LogP) is 3.43. The Hall–Kier alpha value is -1.81. The minimum atomic E-state index is 0.483. The maximum absolute atomic E-state index is 5.35. The molecule has 0 unspecified atom stereocenters. The van der Waals surface area contributed by atoms with Crippen LogP contribution in [0.15, 0.2) is 29.0 Å². The monoisotopic (exact) mass is 287 g/mol. The number of nitrogens with zero attached hydrogens (tertiary/aromatic N) is 2. The van der Waals surface area contributed by atoms with E-state index in [4.69, 9.17) is 4.42 Å². The SMILES string of the molecule is Cc1cc(CNC(C)C)cnc1N(C)Cc1ccoc1C. The maximum atomic E-state index is 5.35. The second-order valence-corrected chi connectivity index (χ2v) is 5.88. The van der Waals surface area contributed by atoms with Crippen LogP contribution < -0.4 is 10.2 Å². The Morgan fingerprint density at radius 2 is 2.10 bits per heavy atom. The van der Waals surface area contributed by atoms with Crippen LogP contribution in [0.4, 0.5) is 5.82 Å². The molecule has 2 rings (SSSR count). The molecule has 2 heterocycles. The molecule has 0 bridgehead atoms. The molecule has 0 atom stereocenters. The summed E-state index contributed by atoms with van der Waals surface area (Å²) in [7, 11) is 2.06.